The Labute approximate surface area is 79.6 Å². The zero-order chi connectivity index (χ0) is 8.91. The Morgan fingerprint density at radius 1 is 1.36 bits per heavy atom. The van der Waals surface area contributed by atoms with Crippen LogP contribution in [0, 0.1) is 5.41 Å². The molecular formula is C9H16Cl2. The van der Waals surface area contributed by atoms with E-state index in [-0.39, 0.29) is 5.41 Å². The Morgan fingerprint density at radius 2 is 1.82 bits per heavy atom. The third-order valence-corrected chi connectivity index (χ3v) is 3.05. The van der Waals surface area contributed by atoms with Gasteiger partial charge in [-0.15, -0.1) is 11.6 Å². The molecule has 0 unspecified atom stereocenters. The normalized spacial score (nSPS) is 11.6. The molecule has 0 aliphatic carbocycles. The van der Waals surface area contributed by atoms with Gasteiger partial charge in [-0.1, -0.05) is 32.0 Å². The molecule has 0 aromatic rings. The lowest BCUT2D eigenvalue weighted by atomic mass is 9.81. The van der Waals surface area contributed by atoms with Gasteiger partial charge in [0, 0.05) is 10.9 Å². The molecule has 0 fully saturated rings. The molecule has 0 saturated heterocycles. The largest absolute Gasteiger partial charge is 0.126 e. The molecule has 2 heteroatoms. The van der Waals surface area contributed by atoms with Gasteiger partial charge in [-0.2, -0.15) is 0 Å². The number of rotatable bonds is 5. The van der Waals surface area contributed by atoms with Crippen LogP contribution in [0.25, 0.3) is 0 Å². The van der Waals surface area contributed by atoms with Crippen LogP contribution in [-0.2, 0) is 0 Å². The molecule has 0 radical (unpaired) electrons. The molecule has 0 nitrogen and oxygen atoms in total. The van der Waals surface area contributed by atoms with Crippen molar-refractivity contribution in [1.29, 1.82) is 0 Å². The van der Waals surface area contributed by atoms with Gasteiger partial charge in [0.2, 0.25) is 0 Å². The molecule has 0 saturated carbocycles. The number of hydrogen-bond donors (Lipinski definition) is 0. The van der Waals surface area contributed by atoms with Crippen LogP contribution in [0.1, 0.15) is 33.1 Å². The van der Waals surface area contributed by atoms with Crippen molar-refractivity contribution in [1.82, 2.24) is 0 Å². The van der Waals surface area contributed by atoms with E-state index < -0.39 is 0 Å². The Morgan fingerprint density at radius 3 is 1.91 bits per heavy atom. The first-order valence-corrected chi connectivity index (χ1v) is 4.90. The highest BCUT2D eigenvalue weighted by molar-refractivity contribution is 6.29. The van der Waals surface area contributed by atoms with E-state index in [9.17, 15) is 0 Å². The first-order chi connectivity index (χ1) is 5.10. The minimum atomic E-state index is 0.181. The molecule has 0 rings (SSSR count). The topological polar surface area (TPSA) is 0 Å². The Balaban J connectivity index is 4.16. The summed E-state index contributed by atoms with van der Waals surface area (Å²) in [6, 6.07) is 0. The van der Waals surface area contributed by atoms with Gasteiger partial charge in [0.15, 0.2) is 0 Å². The molecule has 0 aliphatic rings. The standard InChI is InChI=1S/C9H16Cl2/c1-4-9(5-2,7-10)6-8(3)11/h3-7H2,1-2H3. The van der Waals surface area contributed by atoms with Crippen LogP contribution in [0.2, 0.25) is 0 Å². The molecule has 0 heterocycles. The summed E-state index contributed by atoms with van der Waals surface area (Å²) < 4.78 is 0. The van der Waals surface area contributed by atoms with Crippen LogP contribution in [0.5, 0.6) is 0 Å². The van der Waals surface area contributed by atoms with Crippen molar-refractivity contribution in [2.45, 2.75) is 33.1 Å². The summed E-state index contributed by atoms with van der Waals surface area (Å²) in [5.41, 5.74) is 0.181. The summed E-state index contributed by atoms with van der Waals surface area (Å²) in [6.45, 7) is 7.98. The van der Waals surface area contributed by atoms with Crippen LogP contribution in [-0.4, -0.2) is 5.88 Å². The lowest BCUT2D eigenvalue weighted by molar-refractivity contribution is 0.306. The van der Waals surface area contributed by atoms with Gasteiger partial charge >= 0.3 is 0 Å². The van der Waals surface area contributed by atoms with Crippen molar-refractivity contribution < 1.29 is 0 Å². The Kier molecular flexibility index (Phi) is 5.20. The summed E-state index contributed by atoms with van der Waals surface area (Å²) >= 11 is 11.6. The molecule has 0 aromatic carbocycles. The Hall–Kier alpha value is 0.320. The maximum atomic E-state index is 5.87. The predicted molar refractivity (Wildman–Crippen MR) is 53.3 cm³/mol. The highest BCUT2D eigenvalue weighted by Gasteiger charge is 2.25. The molecule has 0 atom stereocenters. The van der Waals surface area contributed by atoms with Crippen LogP contribution in [0.4, 0.5) is 0 Å². The summed E-state index contributed by atoms with van der Waals surface area (Å²) in [5, 5.41) is 0.717. The second kappa shape index (κ2) is 5.05. The molecule has 0 spiro atoms. The molecule has 0 amide bonds. The van der Waals surface area contributed by atoms with Crippen molar-refractivity contribution in [3.8, 4) is 0 Å². The van der Waals surface area contributed by atoms with E-state index in [4.69, 9.17) is 23.2 Å². The lowest BCUT2D eigenvalue weighted by Crippen LogP contribution is -2.20. The van der Waals surface area contributed by atoms with E-state index in [1.807, 2.05) is 0 Å². The van der Waals surface area contributed by atoms with Gasteiger partial charge < -0.3 is 0 Å². The molecular weight excluding hydrogens is 179 g/mol. The molecule has 0 N–H and O–H groups in total. The van der Waals surface area contributed by atoms with Crippen molar-refractivity contribution in [2.24, 2.45) is 5.41 Å². The molecule has 0 bridgehead atoms. The zero-order valence-electron chi connectivity index (χ0n) is 7.29. The van der Waals surface area contributed by atoms with Gasteiger partial charge in [-0.05, 0) is 24.7 Å². The zero-order valence-corrected chi connectivity index (χ0v) is 8.80. The maximum Gasteiger partial charge on any atom is 0.0283 e. The van der Waals surface area contributed by atoms with Crippen LogP contribution in [0.3, 0.4) is 0 Å². The first-order valence-electron chi connectivity index (χ1n) is 3.99. The second-order valence-corrected chi connectivity index (χ2v) is 3.84. The quantitative estimate of drug-likeness (QED) is 0.577. The highest BCUT2D eigenvalue weighted by atomic mass is 35.5. The van der Waals surface area contributed by atoms with Gasteiger partial charge in [0.1, 0.15) is 0 Å². The van der Waals surface area contributed by atoms with E-state index in [1.165, 1.54) is 0 Å². The van der Waals surface area contributed by atoms with Crippen molar-refractivity contribution in [3.63, 3.8) is 0 Å². The van der Waals surface area contributed by atoms with E-state index >= 15 is 0 Å². The summed E-state index contributed by atoms with van der Waals surface area (Å²) in [4.78, 5) is 0. The number of allylic oxidation sites excluding steroid dienone is 1. The van der Waals surface area contributed by atoms with Crippen LogP contribution < -0.4 is 0 Å². The number of hydrogen-bond acceptors (Lipinski definition) is 0. The van der Waals surface area contributed by atoms with Crippen molar-refractivity contribution in [2.75, 3.05) is 5.88 Å². The molecule has 0 aliphatic heterocycles. The van der Waals surface area contributed by atoms with Gasteiger partial charge in [0.05, 0.1) is 0 Å². The molecule has 66 valence electrons. The Bertz CT molecular complexity index is 117. The summed E-state index contributed by atoms with van der Waals surface area (Å²) in [7, 11) is 0. The monoisotopic (exact) mass is 194 g/mol. The highest BCUT2D eigenvalue weighted by Crippen LogP contribution is 2.35. The lowest BCUT2D eigenvalue weighted by Gasteiger charge is -2.28. The van der Waals surface area contributed by atoms with Crippen molar-refractivity contribution >= 4 is 23.2 Å². The van der Waals surface area contributed by atoms with Crippen LogP contribution >= 0.6 is 23.2 Å². The SMILES string of the molecule is C=C(Cl)CC(CC)(CC)CCl. The predicted octanol–water partition coefficient (Wildman–Crippen LogP) is 4.17. The van der Waals surface area contributed by atoms with Gasteiger partial charge in [-0.3, -0.25) is 0 Å². The smallest absolute Gasteiger partial charge is 0.0283 e. The fourth-order valence-corrected chi connectivity index (χ4v) is 1.90. The third-order valence-electron chi connectivity index (χ3n) is 2.35. The maximum absolute atomic E-state index is 5.87. The van der Waals surface area contributed by atoms with Crippen LogP contribution in [0.15, 0.2) is 11.6 Å². The van der Waals surface area contributed by atoms with E-state index in [0.717, 1.165) is 19.3 Å². The van der Waals surface area contributed by atoms with E-state index in [2.05, 4.69) is 20.4 Å². The average molecular weight is 195 g/mol. The number of alkyl halides is 1. The third kappa shape index (κ3) is 3.48. The van der Waals surface area contributed by atoms with E-state index in [0.29, 0.717) is 10.9 Å². The minimum Gasteiger partial charge on any atom is -0.126 e. The van der Waals surface area contributed by atoms with Gasteiger partial charge in [-0.25, -0.2) is 0 Å². The molecule has 0 aromatic heterocycles. The molecule has 11 heavy (non-hydrogen) atoms. The van der Waals surface area contributed by atoms with Gasteiger partial charge in [0.25, 0.3) is 0 Å². The average Bonchev–Trinajstić information content (AvgIpc) is 2.00. The van der Waals surface area contributed by atoms with E-state index in [1.54, 1.807) is 0 Å². The van der Waals surface area contributed by atoms with Crippen molar-refractivity contribution in [3.05, 3.63) is 11.6 Å². The fourth-order valence-electron chi connectivity index (χ4n) is 1.14. The summed E-state index contributed by atoms with van der Waals surface area (Å²) in [6.07, 6.45) is 2.97. The first kappa shape index (κ1) is 11.3. The number of halogens is 2. The summed E-state index contributed by atoms with van der Waals surface area (Å²) in [5.74, 6) is 0.672. The second-order valence-electron chi connectivity index (χ2n) is 3.03. The fraction of sp³-hybridized carbons (Fsp3) is 0.778. The minimum absolute atomic E-state index is 0.181.